The third-order valence-corrected chi connectivity index (χ3v) is 6.92. The molecule has 0 bridgehead atoms. The number of nitrogens with zero attached hydrogens (tertiary/aromatic N) is 2. The van der Waals surface area contributed by atoms with E-state index in [1.165, 1.54) is 25.3 Å². The van der Waals surface area contributed by atoms with Gasteiger partial charge in [-0.1, -0.05) is 12.1 Å². The van der Waals surface area contributed by atoms with Crippen LogP contribution in [0.15, 0.2) is 47.4 Å². The van der Waals surface area contributed by atoms with Crippen LogP contribution in [-0.2, 0) is 10.0 Å². The second-order valence-corrected chi connectivity index (χ2v) is 9.17. The number of nitrogens with one attached hydrogen (secondary N) is 1. The molecule has 1 N–H and O–H groups in total. The van der Waals surface area contributed by atoms with Crippen molar-refractivity contribution < 1.29 is 22.7 Å². The number of methoxy groups -OCH3 is 1. The maximum atomic E-state index is 13.2. The number of sulfonamides is 1. The van der Waals surface area contributed by atoms with Gasteiger partial charge in [-0.05, 0) is 57.0 Å². The maximum Gasteiger partial charge on any atom is 0.261 e. The second kappa shape index (κ2) is 10.0. The summed E-state index contributed by atoms with van der Waals surface area (Å²) in [6.45, 7) is 6.03. The predicted molar refractivity (Wildman–Crippen MR) is 123 cm³/mol. The van der Waals surface area contributed by atoms with Gasteiger partial charge in [-0.15, -0.1) is 0 Å². The minimum absolute atomic E-state index is 0.0778. The summed E-state index contributed by atoms with van der Waals surface area (Å²) in [6.07, 6.45) is 1.84. The van der Waals surface area contributed by atoms with Gasteiger partial charge in [0.1, 0.15) is 5.75 Å². The molecule has 2 aromatic carbocycles. The van der Waals surface area contributed by atoms with E-state index in [1.807, 2.05) is 13.8 Å². The lowest BCUT2D eigenvalue weighted by atomic mass is 10.1. The van der Waals surface area contributed by atoms with Crippen LogP contribution in [0, 0.1) is 0 Å². The Hall–Kier alpha value is -3.07. The first kappa shape index (κ1) is 23.6. The van der Waals surface area contributed by atoms with Gasteiger partial charge in [0.25, 0.3) is 21.8 Å². The molecule has 2 aromatic rings. The average Bonchev–Trinajstić information content (AvgIpc) is 3.34. The first-order valence-corrected chi connectivity index (χ1v) is 12.2. The van der Waals surface area contributed by atoms with Crippen LogP contribution in [0.4, 0.5) is 5.69 Å². The molecule has 32 heavy (non-hydrogen) atoms. The van der Waals surface area contributed by atoms with Crippen molar-refractivity contribution in [3.05, 3.63) is 53.6 Å². The lowest BCUT2D eigenvalue weighted by Gasteiger charge is -2.21. The lowest BCUT2D eigenvalue weighted by molar-refractivity contribution is 0.0770. The molecular weight excluding hydrogens is 430 g/mol. The van der Waals surface area contributed by atoms with Crippen LogP contribution in [0.5, 0.6) is 5.75 Å². The minimum atomic E-state index is -4.06. The van der Waals surface area contributed by atoms with E-state index in [2.05, 4.69) is 4.72 Å². The number of anilines is 1. The molecule has 0 unspecified atom stereocenters. The molecule has 1 aliphatic heterocycles. The lowest BCUT2D eigenvalue weighted by Crippen LogP contribution is -2.31. The number of carbonyl (C=O) groups excluding carboxylic acids is 2. The van der Waals surface area contributed by atoms with E-state index in [-0.39, 0.29) is 33.5 Å². The molecule has 0 saturated carbocycles. The van der Waals surface area contributed by atoms with Gasteiger partial charge >= 0.3 is 0 Å². The molecule has 8 nitrogen and oxygen atoms in total. The van der Waals surface area contributed by atoms with Crippen LogP contribution in [0.1, 0.15) is 47.4 Å². The van der Waals surface area contributed by atoms with Crippen molar-refractivity contribution in [3.8, 4) is 5.75 Å². The van der Waals surface area contributed by atoms with Crippen LogP contribution < -0.4 is 9.46 Å². The first-order chi connectivity index (χ1) is 15.3. The molecule has 0 aromatic heterocycles. The molecule has 0 radical (unpaired) electrons. The molecule has 1 aliphatic rings. The number of hydrogen-bond acceptors (Lipinski definition) is 5. The molecule has 0 spiro atoms. The van der Waals surface area contributed by atoms with Crippen LogP contribution in [0.25, 0.3) is 0 Å². The summed E-state index contributed by atoms with van der Waals surface area (Å²) in [5.74, 6) is -0.195. The molecule has 0 atom stereocenters. The topological polar surface area (TPSA) is 96.0 Å². The fraction of sp³-hybridized carbons (Fsp3) is 0.391. The Balaban J connectivity index is 1.95. The number of amides is 2. The quantitative estimate of drug-likeness (QED) is 0.654. The van der Waals surface area contributed by atoms with Crippen molar-refractivity contribution >= 4 is 27.5 Å². The highest BCUT2D eigenvalue weighted by atomic mass is 32.2. The summed E-state index contributed by atoms with van der Waals surface area (Å²) in [7, 11) is -2.62. The van der Waals surface area contributed by atoms with Crippen molar-refractivity contribution in [3.63, 3.8) is 0 Å². The molecule has 2 amide bonds. The summed E-state index contributed by atoms with van der Waals surface area (Å²) in [6, 6.07) is 10.7. The predicted octanol–water partition coefficient (Wildman–Crippen LogP) is 3.21. The van der Waals surface area contributed by atoms with Crippen molar-refractivity contribution in [2.45, 2.75) is 31.6 Å². The summed E-state index contributed by atoms with van der Waals surface area (Å²) in [5.41, 5.74) is 0.652. The number of benzene rings is 2. The van der Waals surface area contributed by atoms with Crippen LogP contribution in [0.2, 0.25) is 0 Å². The third-order valence-electron chi connectivity index (χ3n) is 5.56. The van der Waals surface area contributed by atoms with E-state index in [9.17, 15) is 18.0 Å². The fourth-order valence-corrected chi connectivity index (χ4v) is 4.86. The zero-order valence-corrected chi connectivity index (χ0v) is 19.4. The highest BCUT2D eigenvalue weighted by molar-refractivity contribution is 7.92. The Morgan fingerprint density at radius 3 is 2.31 bits per heavy atom. The minimum Gasteiger partial charge on any atom is -0.496 e. The molecule has 3 rings (SSSR count). The van der Waals surface area contributed by atoms with E-state index in [1.54, 1.807) is 34.1 Å². The Morgan fingerprint density at radius 1 is 1.03 bits per heavy atom. The van der Waals surface area contributed by atoms with Crippen LogP contribution in [0.3, 0.4) is 0 Å². The highest BCUT2D eigenvalue weighted by Crippen LogP contribution is 2.27. The van der Waals surface area contributed by atoms with E-state index in [0.717, 1.165) is 12.8 Å². The smallest absolute Gasteiger partial charge is 0.261 e. The number of ether oxygens (including phenoxy) is 1. The zero-order valence-electron chi connectivity index (χ0n) is 18.6. The molecule has 1 fully saturated rings. The monoisotopic (exact) mass is 459 g/mol. The van der Waals surface area contributed by atoms with Gasteiger partial charge in [-0.25, -0.2) is 8.42 Å². The van der Waals surface area contributed by atoms with Gasteiger partial charge in [0.05, 0.1) is 28.8 Å². The van der Waals surface area contributed by atoms with Gasteiger partial charge in [0.2, 0.25) is 0 Å². The largest absolute Gasteiger partial charge is 0.496 e. The molecule has 1 heterocycles. The molecule has 1 saturated heterocycles. The fourth-order valence-electron chi connectivity index (χ4n) is 3.76. The normalized spacial score (nSPS) is 13.7. The maximum absolute atomic E-state index is 13.2. The van der Waals surface area contributed by atoms with Crippen molar-refractivity contribution in [2.24, 2.45) is 0 Å². The summed E-state index contributed by atoms with van der Waals surface area (Å²) in [5, 5.41) is 0. The number of likely N-dealkylation sites (tertiary alicyclic amines) is 1. The number of rotatable bonds is 8. The molecular formula is C23H29N3O5S. The van der Waals surface area contributed by atoms with Gasteiger partial charge in [0, 0.05) is 26.2 Å². The average molecular weight is 460 g/mol. The number of carbonyl (C=O) groups is 2. The van der Waals surface area contributed by atoms with Crippen LogP contribution >= 0.6 is 0 Å². The van der Waals surface area contributed by atoms with Gasteiger partial charge < -0.3 is 14.5 Å². The Kier molecular flexibility index (Phi) is 7.40. The Morgan fingerprint density at radius 2 is 1.69 bits per heavy atom. The van der Waals surface area contributed by atoms with E-state index in [0.29, 0.717) is 31.9 Å². The van der Waals surface area contributed by atoms with Crippen molar-refractivity contribution in [1.82, 2.24) is 9.80 Å². The standard InChI is InChI=1S/C23H29N3O5S/c1-4-25(5-2)22(27)18-10-6-7-11-20(18)24-32(29,30)17-12-13-21(31-3)19(16-17)23(28)26-14-8-9-15-26/h6-7,10-13,16,24H,4-5,8-9,14-15H2,1-3H3. The molecule has 172 valence electrons. The number of para-hydroxylation sites is 1. The Labute approximate surface area is 189 Å². The molecule has 9 heteroatoms. The first-order valence-electron chi connectivity index (χ1n) is 10.7. The van der Waals surface area contributed by atoms with E-state index < -0.39 is 10.0 Å². The SMILES string of the molecule is CCN(CC)C(=O)c1ccccc1NS(=O)(=O)c1ccc(OC)c(C(=O)N2CCCC2)c1. The summed E-state index contributed by atoms with van der Waals surface area (Å²) >= 11 is 0. The van der Waals surface area contributed by atoms with Crippen LogP contribution in [-0.4, -0.2) is 63.3 Å². The van der Waals surface area contributed by atoms with Crippen molar-refractivity contribution in [2.75, 3.05) is 38.0 Å². The zero-order chi connectivity index (χ0) is 23.3. The van der Waals surface area contributed by atoms with Gasteiger partial charge in [0.15, 0.2) is 0 Å². The third kappa shape index (κ3) is 4.88. The highest BCUT2D eigenvalue weighted by Gasteiger charge is 2.26. The molecule has 0 aliphatic carbocycles. The van der Waals surface area contributed by atoms with E-state index in [4.69, 9.17) is 4.74 Å². The second-order valence-electron chi connectivity index (χ2n) is 7.49. The summed E-state index contributed by atoms with van der Waals surface area (Å²) < 4.78 is 34.2. The van der Waals surface area contributed by atoms with Gasteiger partial charge in [-0.2, -0.15) is 0 Å². The van der Waals surface area contributed by atoms with Crippen molar-refractivity contribution in [1.29, 1.82) is 0 Å². The van der Waals surface area contributed by atoms with Gasteiger partial charge in [-0.3, -0.25) is 14.3 Å². The van der Waals surface area contributed by atoms with E-state index >= 15 is 0 Å². The summed E-state index contributed by atoms with van der Waals surface area (Å²) in [4.78, 5) is 29.0. The number of hydrogen-bond donors (Lipinski definition) is 1. The Bertz CT molecular complexity index is 1090.